The fourth-order valence-corrected chi connectivity index (χ4v) is 7.87. The molecule has 0 amide bonds. The van der Waals surface area contributed by atoms with Crippen LogP contribution < -0.4 is 28.4 Å². The van der Waals surface area contributed by atoms with Crippen molar-refractivity contribution in [2.75, 3.05) is 80.9 Å². The van der Waals surface area contributed by atoms with Crippen molar-refractivity contribution in [1.82, 2.24) is 9.80 Å². The van der Waals surface area contributed by atoms with Crippen molar-refractivity contribution in [3.05, 3.63) is 82.9 Å². The van der Waals surface area contributed by atoms with Crippen molar-refractivity contribution in [3.8, 4) is 56.8 Å². The molecule has 0 saturated carbocycles. The summed E-state index contributed by atoms with van der Waals surface area (Å²) in [5.74, 6) is 3.92. The molecule has 0 radical (unpaired) electrons. The van der Waals surface area contributed by atoms with Gasteiger partial charge < -0.3 is 33.3 Å². The molecule has 4 aromatic carbocycles. The number of carbonyl (C=O) groups is 2. The lowest BCUT2D eigenvalue weighted by molar-refractivity contribution is 0.103. The highest BCUT2D eigenvalue weighted by molar-refractivity contribution is 6.24. The minimum atomic E-state index is -0.0165. The predicted molar refractivity (Wildman–Crippen MR) is 204 cm³/mol. The molecule has 0 unspecified atom stereocenters. The molecule has 0 bridgehead atoms. The number of ketones is 2. The van der Waals surface area contributed by atoms with Gasteiger partial charge in [0, 0.05) is 69.7 Å². The summed E-state index contributed by atoms with van der Waals surface area (Å²) in [5, 5.41) is 0. The molecule has 278 valence electrons. The molecule has 8 rings (SSSR count). The zero-order valence-electron chi connectivity index (χ0n) is 31.1. The molecule has 2 fully saturated rings. The van der Waals surface area contributed by atoms with Crippen LogP contribution in [-0.2, 0) is 0 Å². The number of hydrogen-bond acceptors (Lipinski definition) is 10. The monoisotopic (exact) mass is 720 g/mol. The van der Waals surface area contributed by atoms with Crippen molar-refractivity contribution >= 4 is 11.6 Å². The molecule has 0 N–H and O–H groups in total. The summed E-state index contributed by atoms with van der Waals surface area (Å²) in [6, 6.07) is 18.5. The Balaban J connectivity index is 0.000000164. The summed E-state index contributed by atoms with van der Waals surface area (Å²) in [7, 11) is 6.38. The van der Waals surface area contributed by atoms with Gasteiger partial charge in [-0.15, -0.1) is 0 Å². The summed E-state index contributed by atoms with van der Waals surface area (Å²) in [6.45, 7) is 7.89. The van der Waals surface area contributed by atoms with Crippen LogP contribution in [0.4, 0.5) is 0 Å². The molecule has 2 aliphatic heterocycles. The van der Waals surface area contributed by atoms with Gasteiger partial charge in [-0.25, -0.2) is 0 Å². The second kappa shape index (κ2) is 16.3. The van der Waals surface area contributed by atoms with Gasteiger partial charge in [0.2, 0.25) is 0 Å². The molecular weight excluding hydrogens is 672 g/mol. The molecule has 2 aliphatic carbocycles. The van der Waals surface area contributed by atoms with Crippen LogP contribution in [0.25, 0.3) is 22.3 Å². The van der Waals surface area contributed by atoms with Gasteiger partial charge >= 0.3 is 0 Å². The Morgan fingerprint density at radius 1 is 0.491 bits per heavy atom. The highest BCUT2D eigenvalue weighted by Gasteiger charge is 2.34. The maximum absolute atomic E-state index is 12.9. The van der Waals surface area contributed by atoms with E-state index in [4.69, 9.17) is 28.4 Å². The minimum absolute atomic E-state index is 0.0142. The molecule has 10 nitrogen and oxygen atoms in total. The molecule has 0 spiro atoms. The highest BCUT2D eigenvalue weighted by atomic mass is 16.5. The van der Waals surface area contributed by atoms with E-state index >= 15 is 0 Å². The van der Waals surface area contributed by atoms with Gasteiger partial charge in [0.15, 0.2) is 11.6 Å². The van der Waals surface area contributed by atoms with Gasteiger partial charge in [-0.2, -0.15) is 0 Å². The van der Waals surface area contributed by atoms with Gasteiger partial charge in [-0.3, -0.25) is 14.5 Å². The standard InChI is InChI=1S/C22H25NO4.C21H23NO4/c1-25-15-13-17-21(19(14-15)26-2)20-16(22(17)24)7-5-8-18(20)27-12-6-11-23-9-3-4-10-23;1-24-14-12-16-20(18(13-14)25-2)19-15(21(16)23)6-5-7-17(19)26-11-10-22-8-3-4-9-22/h5,7-8,13-14H,3-4,6,9-12H2,1-2H3;5-7,12-13H,3-4,8-11H2,1-2H3. The molecule has 2 heterocycles. The second-order valence-electron chi connectivity index (χ2n) is 13.7. The van der Waals surface area contributed by atoms with Crippen LogP contribution in [-0.4, -0.2) is 102 Å². The fraction of sp³-hybridized carbons (Fsp3) is 0.395. The molecule has 4 aliphatic rings. The lowest BCUT2D eigenvalue weighted by Crippen LogP contribution is -2.25. The number of nitrogens with zero attached hydrogens (tertiary/aromatic N) is 2. The summed E-state index contributed by atoms with van der Waals surface area (Å²) in [5.41, 5.74) is 5.78. The Kier molecular flexibility index (Phi) is 11.2. The topological polar surface area (TPSA) is 96.0 Å². The van der Waals surface area contributed by atoms with E-state index in [2.05, 4.69) is 9.80 Å². The number of fused-ring (bicyclic) bond motifs is 6. The largest absolute Gasteiger partial charge is 0.497 e. The van der Waals surface area contributed by atoms with Gasteiger partial charge in [-0.1, -0.05) is 24.3 Å². The average molecular weight is 721 g/mol. The van der Waals surface area contributed by atoms with E-state index in [1.165, 1.54) is 38.8 Å². The van der Waals surface area contributed by atoms with Gasteiger partial charge in [0.05, 0.1) is 35.0 Å². The Morgan fingerprint density at radius 2 is 0.925 bits per heavy atom. The molecule has 0 aromatic heterocycles. The fourth-order valence-electron chi connectivity index (χ4n) is 7.87. The van der Waals surface area contributed by atoms with Crippen molar-refractivity contribution in [1.29, 1.82) is 0 Å². The maximum Gasteiger partial charge on any atom is 0.194 e. The van der Waals surface area contributed by atoms with E-state index in [0.717, 1.165) is 66.4 Å². The molecule has 2 saturated heterocycles. The van der Waals surface area contributed by atoms with E-state index in [0.29, 0.717) is 58.5 Å². The van der Waals surface area contributed by atoms with Gasteiger partial charge in [0.1, 0.15) is 41.1 Å². The van der Waals surface area contributed by atoms with E-state index in [-0.39, 0.29) is 11.6 Å². The summed E-state index contributed by atoms with van der Waals surface area (Å²) < 4.78 is 33.9. The van der Waals surface area contributed by atoms with Crippen LogP contribution in [0.5, 0.6) is 34.5 Å². The molecule has 0 atom stereocenters. The lowest BCUT2D eigenvalue weighted by Gasteiger charge is -2.17. The number of carbonyl (C=O) groups excluding carboxylic acids is 2. The Bertz CT molecular complexity index is 1980. The normalized spacial score (nSPS) is 15.6. The first-order valence-electron chi connectivity index (χ1n) is 18.5. The van der Waals surface area contributed by atoms with Crippen LogP contribution in [0.2, 0.25) is 0 Å². The summed E-state index contributed by atoms with van der Waals surface area (Å²) in [6.07, 6.45) is 6.11. The third-order valence-electron chi connectivity index (χ3n) is 10.5. The summed E-state index contributed by atoms with van der Waals surface area (Å²) >= 11 is 0. The Labute approximate surface area is 311 Å². The van der Waals surface area contributed by atoms with Crippen LogP contribution in [0, 0.1) is 0 Å². The SMILES string of the molecule is COc1cc(OC)c2c(c1)C(=O)c1cccc(OCCCN3CCCC3)c1-2.COc1cc(OC)c2c(c1)C(=O)c1cccc(OCCN3CCCC3)c1-2. The van der Waals surface area contributed by atoms with Gasteiger partial charge in [0.25, 0.3) is 0 Å². The number of hydrogen-bond donors (Lipinski definition) is 0. The Hall–Kier alpha value is -5.06. The van der Waals surface area contributed by atoms with Crippen LogP contribution in [0.3, 0.4) is 0 Å². The van der Waals surface area contributed by atoms with Crippen LogP contribution >= 0.6 is 0 Å². The molecular formula is C43H48N2O8. The van der Waals surface area contributed by atoms with Crippen molar-refractivity contribution in [3.63, 3.8) is 0 Å². The first-order valence-corrected chi connectivity index (χ1v) is 18.5. The quantitative estimate of drug-likeness (QED) is 0.114. The Morgan fingerprint density at radius 3 is 1.38 bits per heavy atom. The highest BCUT2D eigenvalue weighted by Crippen LogP contribution is 2.50. The van der Waals surface area contributed by atoms with E-state index in [1.54, 1.807) is 40.6 Å². The number of ether oxygens (including phenoxy) is 6. The van der Waals surface area contributed by atoms with Gasteiger partial charge in [-0.05, 0) is 82.5 Å². The number of likely N-dealkylation sites (tertiary alicyclic amines) is 2. The van der Waals surface area contributed by atoms with E-state index in [9.17, 15) is 9.59 Å². The number of rotatable bonds is 13. The second-order valence-corrected chi connectivity index (χ2v) is 13.7. The minimum Gasteiger partial charge on any atom is -0.497 e. The zero-order chi connectivity index (χ0) is 36.9. The maximum atomic E-state index is 12.9. The molecule has 10 heteroatoms. The van der Waals surface area contributed by atoms with Crippen LogP contribution in [0.15, 0.2) is 60.7 Å². The zero-order valence-corrected chi connectivity index (χ0v) is 31.1. The van der Waals surface area contributed by atoms with E-state index in [1.807, 2.05) is 48.5 Å². The third-order valence-corrected chi connectivity index (χ3v) is 10.5. The first kappa shape index (κ1) is 36.3. The first-order chi connectivity index (χ1) is 25.9. The lowest BCUT2D eigenvalue weighted by atomic mass is 10.0. The smallest absolute Gasteiger partial charge is 0.194 e. The molecule has 53 heavy (non-hydrogen) atoms. The van der Waals surface area contributed by atoms with Crippen molar-refractivity contribution < 1.29 is 38.0 Å². The predicted octanol–water partition coefficient (Wildman–Crippen LogP) is 7.17. The summed E-state index contributed by atoms with van der Waals surface area (Å²) in [4.78, 5) is 30.7. The van der Waals surface area contributed by atoms with E-state index < -0.39 is 0 Å². The third kappa shape index (κ3) is 7.30. The van der Waals surface area contributed by atoms with Crippen molar-refractivity contribution in [2.45, 2.75) is 32.1 Å². The molecule has 4 aromatic rings. The average Bonchev–Trinajstić information content (AvgIpc) is 4.02. The number of benzene rings is 4. The van der Waals surface area contributed by atoms with Crippen molar-refractivity contribution in [2.24, 2.45) is 0 Å². The van der Waals surface area contributed by atoms with Crippen LogP contribution in [0.1, 0.15) is 63.9 Å². The number of methoxy groups -OCH3 is 4.